The molecule has 0 aromatic rings. The first-order valence-corrected chi connectivity index (χ1v) is 8.77. The Bertz CT molecular complexity index is 463. The molecule has 0 aliphatic carbocycles. The number of likely N-dealkylation sites (tertiary alicyclic amines) is 1. The number of nitrogens with one attached hydrogen (secondary N) is 1. The zero-order valence-electron chi connectivity index (χ0n) is 12.4. The van der Waals surface area contributed by atoms with Crippen LogP contribution >= 0.6 is 24.0 Å². The minimum atomic E-state index is -3.45. The third-order valence-electron chi connectivity index (χ3n) is 3.90. The molecule has 7 nitrogen and oxygen atoms in total. The first kappa shape index (κ1) is 18.9. The van der Waals surface area contributed by atoms with Crippen LogP contribution in [0, 0.1) is 5.41 Å². The van der Waals surface area contributed by atoms with Crippen molar-refractivity contribution in [1.82, 2.24) is 10.2 Å². The van der Waals surface area contributed by atoms with Crippen molar-refractivity contribution in [3.8, 4) is 0 Å². The van der Waals surface area contributed by atoms with Crippen LogP contribution in [0.1, 0.15) is 19.8 Å². The fourth-order valence-corrected chi connectivity index (χ4v) is 3.14. The quantitative estimate of drug-likeness (QED) is 0.370. The van der Waals surface area contributed by atoms with Gasteiger partial charge in [-0.3, -0.25) is 4.99 Å². The number of guanidine groups is 1. The second-order valence-corrected chi connectivity index (χ2v) is 7.31. The van der Waals surface area contributed by atoms with Crippen LogP contribution in [0.25, 0.3) is 0 Å². The summed E-state index contributed by atoms with van der Waals surface area (Å²) in [7, 11) is -3.45. The van der Waals surface area contributed by atoms with Gasteiger partial charge in [0.1, 0.15) is 0 Å². The molecule has 2 fully saturated rings. The standard InChI is InChI=1S/C12H24N4O3S.HI/c1-2-14-11(15-5-8-20(13,17)18)16-6-3-12(9-16)4-7-19-10-12;/h2-10H2,1H3,(H,14,15)(H2,13,17,18);1H. The number of hydrogen-bond donors (Lipinski definition) is 2. The summed E-state index contributed by atoms with van der Waals surface area (Å²) in [6.07, 6.45) is 2.20. The van der Waals surface area contributed by atoms with Crippen molar-refractivity contribution >= 4 is 40.0 Å². The molecule has 124 valence electrons. The molecule has 3 N–H and O–H groups in total. The van der Waals surface area contributed by atoms with E-state index in [0.717, 1.165) is 51.6 Å². The number of primary sulfonamides is 1. The molecular formula is C12H25IN4O3S. The average Bonchev–Trinajstić information content (AvgIpc) is 2.98. The third kappa shape index (κ3) is 5.53. The Labute approximate surface area is 143 Å². The fraction of sp³-hybridized carbons (Fsp3) is 0.917. The molecule has 21 heavy (non-hydrogen) atoms. The normalized spacial score (nSPS) is 26.2. The monoisotopic (exact) mass is 432 g/mol. The summed E-state index contributed by atoms with van der Waals surface area (Å²) in [5, 5.41) is 8.21. The second kappa shape index (κ2) is 7.93. The molecule has 1 spiro atoms. The van der Waals surface area contributed by atoms with E-state index in [9.17, 15) is 8.42 Å². The number of hydrogen-bond acceptors (Lipinski definition) is 4. The van der Waals surface area contributed by atoms with Gasteiger partial charge in [0.25, 0.3) is 0 Å². The first-order valence-electron chi connectivity index (χ1n) is 7.06. The van der Waals surface area contributed by atoms with E-state index in [1.807, 2.05) is 6.92 Å². The lowest BCUT2D eigenvalue weighted by Gasteiger charge is -2.24. The molecule has 1 unspecified atom stereocenters. The molecule has 0 aromatic heterocycles. The van der Waals surface area contributed by atoms with E-state index in [2.05, 4.69) is 15.2 Å². The van der Waals surface area contributed by atoms with E-state index in [4.69, 9.17) is 9.88 Å². The van der Waals surface area contributed by atoms with Gasteiger partial charge in [0, 0.05) is 31.7 Å². The summed E-state index contributed by atoms with van der Waals surface area (Å²) >= 11 is 0. The van der Waals surface area contributed by atoms with Crippen LogP contribution in [-0.4, -0.2) is 64.4 Å². The van der Waals surface area contributed by atoms with Crippen LogP contribution in [-0.2, 0) is 14.8 Å². The summed E-state index contributed by atoms with van der Waals surface area (Å²) in [4.78, 5) is 6.56. The zero-order chi connectivity index (χ0) is 14.6. The maximum absolute atomic E-state index is 11.0. The molecule has 2 rings (SSSR count). The molecule has 0 aromatic carbocycles. The maximum atomic E-state index is 11.0. The van der Waals surface area contributed by atoms with Gasteiger partial charge in [-0.05, 0) is 19.8 Å². The van der Waals surface area contributed by atoms with Crippen molar-refractivity contribution in [3.63, 3.8) is 0 Å². The minimum Gasteiger partial charge on any atom is -0.381 e. The van der Waals surface area contributed by atoms with Crippen molar-refractivity contribution in [2.75, 3.05) is 45.1 Å². The summed E-state index contributed by atoms with van der Waals surface area (Å²) in [5.74, 6) is 0.657. The smallest absolute Gasteiger partial charge is 0.210 e. The Morgan fingerprint density at radius 3 is 2.81 bits per heavy atom. The molecule has 1 atom stereocenters. The SMILES string of the molecule is CCNC(=NCCS(N)(=O)=O)N1CCC2(CCOC2)C1.I. The molecule has 9 heteroatoms. The number of ether oxygens (including phenoxy) is 1. The van der Waals surface area contributed by atoms with Crippen molar-refractivity contribution in [2.24, 2.45) is 15.5 Å². The van der Waals surface area contributed by atoms with Gasteiger partial charge in [-0.2, -0.15) is 0 Å². The first-order chi connectivity index (χ1) is 9.44. The van der Waals surface area contributed by atoms with Crippen LogP contribution < -0.4 is 10.5 Å². The van der Waals surface area contributed by atoms with Gasteiger partial charge in [-0.25, -0.2) is 13.6 Å². The molecule has 2 aliphatic rings. The van der Waals surface area contributed by atoms with Gasteiger partial charge in [-0.1, -0.05) is 0 Å². The molecule has 0 saturated carbocycles. The predicted molar refractivity (Wildman–Crippen MR) is 93.4 cm³/mol. The third-order valence-corrected chi connectivity index (χ3v) is 4.65. The van der Waals surface area contributed by atoms with Gasteiger partial charge in [0.15, 0.2) is 5.96 Å². The largest absolute Gasteiger partial charge is 0.381 e. The highest BCUT2D eigenvalue weighted by molar-refractivity contribution is 14.0. The Morgan fingerprint density at radius 1 is 1.48 bits per heavy atom. The minimum absolute atomic E-state index is 0. The summed E-state index contributed by atoms with van der Waals surface area (Å²) in [6.45, 7) is 6.47. The van der Waals surface area contributed by atoms with E-state index >= 15 is 0 Å². The number of sulfonamides is 1. The highest BCUT2D eigenvalue weighted by Crippen LogP contribution is 2.38. The van der Waals surface area contributed by atoms with Gasteiger partial charge in [-0.15, -0.1) is 24.0 Å². The molecule has 2 heterocycles. The molecule has 2 saturated heterocycles. The molecule has 2 aliphatic heterocycles. The Morgan fingerprint density at radius 2 is 2.24 bits per heavy atom. The highest BCUT2D eigenvalue weighted by atomic mass is 127. The summed E-state index contributed by atoms with van der Waals surface area (Å²) < 4.78 is 27.4. The van der Waals surface area contributed by atoms with Crippen LogP contribution in [0.15, 0.2) is 4.99 Å². The lowest BCUT2D eigenvalue weighted by atomic mass is 9.87. The highest BCUT2D eigenvalue weighted by Gasteiger charge is 2.42. The second-order valence-electron chi connectivity index (χ2n) is 5.58. The molecule has 0 bridgehead atoms. The Balaban J connectivity index is 0.00000220. The van der Waals surface area contributed by atoms with Crippen LogP contribution in [0.2, 0.25) is 0 Å². The molecule has 0 amide bonds. The number of nitrogens with two attached hydrogens (primary N) is 1. The number of aliphatic imine (C=N–C) groups is 1. The van der Waals surface area contributed by atoms with Crippen molar-refractivity contribution in [3.05, 3.63) is 0 Å². The van der Waals surface area contributed by atoms with Crippen LogP contribution in [0.4, 0.5) is 0 Å². The van der Waals surface area contributed by atoms with Crippen LogP contribution in [0.5, 0.6) is 0 Å². The van der Waals surface area contributed by atoms with E-state index < -0.39 is 10.0 Å². The van der Waals surface area contributed by atoms with Gasteiger partial charge in [0.05, 0.1) is 18.9 Å². The number of halogens is 1. The topological polar surface area (TPSA) is 97.0 Å². The van der Waals surface area contributed by atoms with E-state index in [1.54, 1.807) is 0 Å². The van der Waals surface area contributed by atoms with Crippen LogP contribution in [0.3, 0.4) is 0 Å². The van der Waals surface area contributed by atoms with Gasteiger partial charge in [0.2, 0.25) is 10.0 Å². The Kier molecular flexibility index (Phi) is 7.14. The average molecular weight is 432 g/mol. The van der Waals surface area contributed by atoms with Crippen molar-refractivity contribution in [2.45, 2.75) is 19.8 Å². The van der Waals surface area contributed by atoms with Gasteiger partial charge >= 0.3 is 0 Å². The summed E-state index contributed by atoms with van der Waals surface area (Å²) in [6, 6.07) is 0. The van der Waals surface area contributed by atoms with E-state index in [0.29, 0.717) is 0 Å². The maximum Gasteiger partial charge on any atom is 0.210 e. The predicted octanol–water partition coefficient (Wildman–Crippen LogP) is -0.0292. The lowest BCUT2D eigenvalue weighted by Crippen LogP contribution is -2.41. The molecule has 0 radical (unpaired) electrons. The van der Waals surface area contributed by atoms with E-state index in [1.165, 1.54) is 0 Å². The number of rotatable bonds is 4. The number of nitrogens with zero attached hydrogens (tertiary/aromatic N) is 2. The van der Waals surface area contributed by atoms with Crippen molar-refractivity contribution < 1.29 is 13.2 Å². The lowest BCUT2D eigenvalue weighted by molar-refractivity contribution is 0.156. The zero-order valence-corrected chi connectivity index (χ0v) is 15.5. The van der Waals surface area contributed by atoms with Crippen molar-refractivity contribution in [1.29, 1.82) is 0 Å². The molecular weight excluding hydrogens is 407 g/mol. The van der Waals surface area contributed by atoms with E-state index in [-0.39, 0.29) is 41.7 Å². The van der Waals surface area contributed by atoms with Gasteiger partial charge < -0.3 is 15.0 Å². The summed E-state index contributed by atoms with van der Waals surface area (Å²) in [5.41, 5.74) is 0.260. The fourth-order valence-electron chi connectivity index (χ4n) is 2.79. The Hall–Kier alpha value is -0.130.